The molecule has 0 unspecified atom stereocenters. The van der Waals surface area contributed by atoms with Gasteiger partial charge in [-0.3, -0.25) is 4.79 Å². The number of amides is 1. The second kappa shape index (κ2) is 6.31. The second-order valence-corrected chi connectivity index (χ2v) is 5.42. The van der Waals surface area contributed by atoms with E-state index in [9.17, 15) is 18.0 Å². The first-order chi connectivity index (χ1) is 9.85. The number of anilines is 1. The van der Waals surface area contributed by atoms with Gasteiger partial charge in [0.25, 0.3) is 5.91 Å². The van der Waals surface area contributed by atoms with E-state index in [0.29, 0.717) is 10.6 Å². The van der Waals surface area contributed by atoms with Gasteiger partial charge in [0.2, 0.25) is 0 Å². The van der Waals surface area contributed by atoms with Crippen LogP contribution in [-0.2, 0) is 4.74 Å². The molecule has 0 fully saturated rings. The lowest BCUT2D eigenvalue weighted by atomic mass is 10.2. The van der Waals surface area contributed by atoms with Crippen LogP contribution in [0, 0.1) is 0 Å². The molecule has 2 aromatic rings. The number of alkyl halides is 3. The van der Waals surface area contributed by atoms with Crippen LogP contribution in [0.4, 0.5) is 18.9 Å². The minimum atomic E-state index is -4.35. The Morgan fingerprint density at radius 3 is 2.81 bits per heavy atom. The number of hydrogen-bond donors (Lipinski definition) is 2. The number of carbonyl (C=O) groups excluding carboxylic acids is 1. The lowest BCUT2D eigenvalue weighted by Crippen LogP contribution is -2.28. The molecule has 0 saturated carbocycles. The number of nitrogen functional groups attached to an aromatic ring is 1. The van der Waals surface area contributed by atoms with Crippen molar-refractivity contribution in [1.29, 1.82) is 0 Å². The van der Waals surface area contributed by atoms with E-state index < -0.39 is 12.8 Å². The van der Waals surface area contributed by atoms with Crippen molar-refractivity contribution in [2.75, 3.05) is 25.5 Å². The number of thiophene rings is 1. The summed E-state index contributed by atoms with van der Waals surface area (Å²) in [6, 6.07) is 7.02. The molecule has 4 nitrogen and oxygen atoms in total. The third kappa shape index (κ3) is 4.61. The zero-order valence-electron chi connectivity index (χ0n) is 10.9. The van der Waals surface area contributed by atoms with Crippen molar-refractivity contribution >= 4 is 33.0 Å². The highest BCUT2D eigenvalue weighted by Gasteiger charge is 2.27. The average Bonchev–Trinajstić information content (AvgIpc) is 2.79. The SMILES string of the molecule is Nc1ccc2sc(C(=O)NCCOCC(F)(F)F)cc2c1. The number of hydrogen-bond acceptors (Lipinski definition) is 4. The average molecular weight is 318 g/mol. The summed E-state index contributed by atoms with van der Waals surface area (Å²) >= 11 is 1.29. The van der Waals surface area contributed by atoms with Crippen LogP contribution in [0.15, 0.2) is 24.3 Å². The van der Waals surface area contributed by atoms with E-state index >= 15 is 0 Å². The van der Waals surface area contributed by atoms with Crippen molar-refractivity contribution in [1.82, 2.24) is 5.32 Å². The molecule has 1 aromatic carbocycles. The van der Waals surface area contributed by atoms with Crippen LogP contribution in [0.5, 0.6) is 0 Å². The molecule has 114 valence electrons. The number of nitrogens with two attached hydrogens (primary N) is 1. The second-order valence-electron chi connectivity index (χ2n) is 4.33. The maximum Gasteiger partial charge on any atom is 0.411 e. The van der Waals surface area contributed by atoms with Gasteiger partial charge in [-0.2, -0.15) is 13.2 Å². The molecule has 0 aliphatic carbocycles. The van der Waals surface area contributed by atoms with Gasteiger partial charge in [0.05, 0.1) is 11.5 Å². The number of fused-ring (bicyclic) bond motifs is 1. The first kappa shape index (κ1) is 15.6. The van der Waals surface area contributed by atoms with E-state index in [2.05, 4.69) is 10.1 Å². The Hall–Kier alpha value is -1.80. The molecule has 1 aromatic heterocycles. The van der Waals surface area contributed by atoms with Crippen molar-refractivity contribution in [2.24, 2.45) is 0 Å². The number of nitrogens with one attached hydrogen (secondary N) is 1. The lowest BCUT2D eigenvalue weighted by Gasteiger charge is -2.07. The Bertz CT molecular complexity index is 640. The largest absolute Gasteiger partial charge is 0.411 e. The van der Waals surface area contributed by atoms with E-state index in [0.717, 1.165) is 10.1 Å². The van der Waals surface area contributed by atoms with Gasteiger partial charge in [-0.05, 0) is 29.7 Å². The molecule has 8 heteroatoms. The summed E-state index contributed by atoms with van der Waals surface area (Å²) in [5, 5.41) is 3.37. The standard InChI is InChI=1S/C13H13F3N2O2S/c14-13(15,16)7-20-4-3-18-12(19)11-6-8-5-9(17)1-2-10(8)21-11/h1-2,5-6H,3-4,7,17H2,(H,18,19). The molecule has 0 spiro atoms. The van der Waals surface area contributed by atoms with Crippen LogP contribution in [-0.4, -0.2) is 31.8 Å². The predicted molar refractivity (Wildman–Crippen MR) is 75.4 cm³/mol. The van der Waals surface area contributed by atoms with Crippen molar-refractivity contribution in [2.45, 2.75) is 6.18 Å². The van der Waals surface area contributed by atoms with Gasteiger partial charge in [0.1, 0.15) is 6.61 Å². The predicted octanol–water partition coefficient (Wildman–Crippen LogP) is 2.79. The summed E-state index contributed by atoms with van der Waals surface area (Å²) in [6.07, 6.45) is -4.35. The van der Waals surface area contributed by atoms with E-state index in [1.165, 1.54) is 11.3 Å². The number of benzene rings is 1. The Morgan fingerprint density at radius 2 is 2.10 bits per heavy atom. The fourth-order valence-electron chi connectivity index (χ4n) is 1.69. The summed E-state index contributed by atoms with van der Waals surface area (Å²) in [4.78, 5) is 12.3. The smallest absolute Gasteiger partial charge is 0.399 e. The van der Waals surface area contributed by atoms with Crippen LogP contribution in [0.1, 0.15) is 9.67 Å². The van der Waals surface area contributed by atoms with Gasteiger partial charge in [0, 0.05) is 16.9 Å². The number of rotatable bonds is 5. The summed E-state index contributed by atoms with van der Waals surface area (Å²) in [5.74, 6) is -0.342. The molecule has 2 rings (SSSR count). The van der Waals surface area contributed by atoms with Crippen LogP contribution in [0.3, 0.4) is 0 Å². The van der Waals surface area contributed by atoms with E-state index in [1.54, 1.807) is 18.2 Å². The monoisotopic (exact) mass is 318 g/mol. The Labute approximate surface area is 122 Å². The fraction of sp³-hybridized carbons (Fsp3) is 0.308. The topological polar surface area (TPSA) is 64.4 Å². The van der Waals surface area contributed by atoms with Gasteiger partial charge in [-0.25, -0.2) is 0 Å². The molecule has 0 aliphatic rings. The van der Waals surface area contributed by atoms with Gasteiger partial charge in [-0.1, -0.05) is 0 Å². The maximum absolute atomic E-state index is 11.8. The van der Waals surface area contributed by atoms with Crippen LogP contribution in [0.2, 0.25) is 0 Å². The van der Waals surface area contributed by atoms with Gasteiger partial charge in [0.15, 0.2) is 0 Å². The highest BCUT2D eigenvalue weighted by Crippen LogP contribution is 2.27. The Morgan fingerprint density at radius 1 is 1.33 bits per heavy atom. The van der Waals surface area contributed by atoms with Gasteiger partial charge < -0.3 is 15.8 Å². The number of halogens is 3. The fourth-order valence-corrected chi connectivity index (χ4v) is 2.64. The van der Waals surface area contributed by atoms with Crippen LogP contribution in [0.25, 0.3) is 10.1 Å². The highest BCUT2D eigenvalue weighted by molar-refractivity contribution is 7.20. The molecule has 3 N–H and O–H groups in total. The summed E-state index contributed by atoms with van der Waals surface area (Å²) in [7, 11) is 0. The first-order valence-electron chi connectivity index (χ1n) is 6.07. The first-order valence-corrected chi connectivity index (χ1v) is 6.88. The lowest BCUT2D eigenvalue weighted by molar-refractivity contribution is -0.173. The normalized spacial score (nSPS) is 11.8. The zero-order valence-corrected chi connectivity index (χ0v) is 11.7. The molecule has 0 aliphatic heterocycles. The molecule has 0 bridgehead atoms. The quantitative estimate of drug-likeness (QED) is 0.658. The maximum atomic E-state index is 11.8. The number of ether oxygens (including phenoxy) is 1. The van der Waals surface area contributed by atoms with E-state index in [4.69, 9.17) is 5.73 Å². The highest BCUT2D eigenvalue weighted by atomic mass is 32.1. The Balaban J connectivity index is 1.85. The van der Waals surface area contributed by atoms with Crippen molar-refractivity contribution < 1.29 is 22.7 Å². The molecule has 1 heterocycles. The molecule has 0 saturated heterocycles. The summed E-state index contributed by atoms with van der Waals surface area (Å²) in [6.45, 7) is -1.49. The van der Waals surface area contributed by atoms with E-state index in [-0.39, 0.29) is 19.1 Å². The molecular formula is C13H13F3N2O2S. The minimum absolute atomic E-state index is 0.0191. The van der Waals surface area contributed by atoms with Crippen LogP contribution >= 0.6 is 11.3 Å². The third-order valence-corrected chi connectivity index (χ3v) is 3.68. The molecule has 21 heavy (non-hydrogen) atoms. The third-order valence-electron chi connectivity index (χ3n) is 2.56. The zero-order chi connectivity index (χ0) is 15.5. The molecule has 0 atom stereocenters. The van der Waals surface area contributed by atoms with Gasteiger partial charge in [-0.15, -0.1) is 11.3 Å². The van der Waals surface area contributed by atoms with Crippen molar-refractivity contribution in [3.8, 4) is 0 Å². The van der Waals surface area contributed by atoms with Crippen LogP contribution < -0.4 is 11.1 Å². The minimum Gasteiger partial charge on any atom is -0.399 e. The van der Waals surface area contributed by atoms with Crippen molar-refractivity contribution in [3.05, 3.63) is 29.1 Å². The summed E-state index contributed by atoms with van der Waals surface area (Å²) < 4.78 is 40.8. The van der Waals surface area contributed by atoms with Gasteiger partial charge >= 0.3 is 6.18 Å². The molecule has 0 radical (unpaired) electrons. The summed E-state index contributed by atoms with van der Waals surface area (Å²) in [5.41, 5.74) is 6.26. The molecule has 1 amide bonds. The van der Waals surface area contributed by atoms with Crippen molar-refractivity contribution in [3.63, 3.8) is 0 Å². The number of carbonyl (C=O) groups is 1. The molecular weight excluding hydrogens is 305 g/mol. The van der Waals surface area contributed by atoms with E-state index in [1.807, 2.05) is 6.07 Å². The Kier molecular flexibility index (Phi) is 4.69.